The summed E-state index contributed by atoms with van der Waals surface area (Å²) in [6, 6.07) is 4.02. The number of aromatic nitrogens is 3. The predicted octanol–water partition coefficient (Wildman–Crippen LogP) is 3.11. The van der Waals surface area contributed by atoms with Gasteiger partial charge in [-0.2, -0.15) is 0 Å². The van der Waals surface area contributed by atoms with Gasteiger partial charge in [0.1, 0.15) is 0 Å². The number of amides is 1. The fourth-order valence-corrected chi connectivity index (χ4v) is 5.42. The molecular formula is C21H24N4O3S. The van der Waals surface area contributed by atoms with Crippen LogP contribution < -0.4 is 5.56 Å². The van der Waals surface area contributed by atoms with E-state index in [1.807, 2.05) is 24.4 Å². The number of H-pyrrole nitrogens is 1. The van der Waals surface area contributed by atoms with E-state index < -0.39 is 0 Å². The molecule has 0 saturated heterocycles. The Morgan fingerprint density at radius 1 is 1.34 bits per heavy atom. The van der Waals surface area contributed by atoms with E-state index in [0.717, 1.165) is 47.5 Å². The molecule has 1 aliphatic heterocycles. The number of nitrogens with zero attached hydrogens (tertiary/aromatic N) is 3. The van der Waals surface area contributed by atoms with Crippen molar-refractivity contribution in [2.45, 2.75) is 51.8 Å². The summed E-state index contributed by atoms with van der Waals surface area (Å²) in [5, 5.41) is 5.23. The highest BCUT2D eigenvalue weighted by Crippen LogP contribution is 2.32. The molecular weight excluding hydrogens is 388 g/mol. The number of rotatable bonds is 3. The van der Waals surface area contributed by atoms with Crippen molar-refractivity contribution in [3.8, 4) is 10.6 Å². The van der Waals surface area contributed by atoms with Gasteiger partial charge in [-0.1, -0.05) is 12.5 Å². The molecule has 0 bridgehead atoms. The number of carbonyl (C=O) groups excluding carboxylic acids is 1. The molecule has 7 nitrogen and oxygen atoms in total. The third-order valence-electron chi connectivity index (χ3n) is 6.27. The SMILES string of the molecule is COC1CCCC(C(=O)N2Cc3nc4c(C)c(-c5cccs5)[nH]n4c(=O)c3C2)C1. The Kier molecular flexibility index (Phi) is 4.55. The second-order valence-electron chi connectivity index (χ2n) is 8.01. The summed E-state index contributed by atoms with van der Waals surface area (Å²) in [7, 11) is 1.71. The first-order chi connectivity index (χ1) is 14.1. The molecule has 4 heterocycles. The lowest BCUT2D eigenvalue weighted by molar-refractivity contribution is -0.138. The van der Waals surface area contributed by atoms with Gasteiger partial charge in [-0.15, -0.1) is 11.3 Å². The van der Waals surface area contributed by atoms with Crippen LogP contribution >= 0.6 is 11.3 Å². The predicted molar refractivity (Wildman–Crippen MR) is 111 cm³/mol. The Bertz CT molecular complexity index is 1130. The van der Waals surface area contributed by atoms with E-state index in [1.165, 1.54) is 4.52 Å². The smallest absolute Gasteiger partial charge is 0.278 e. The number of ether oxygens (including phenoxy) is 1. The lowest BCUT2D eigenvalue weighted by Gasteiger charge is -2.30. The van der Waals surface area contributed by atoms with Crippen LogP contribution in [-0.2, 0) is 22.6 Å². The molecule has 8 heteroatoms. The normalized spacial score (nSPS) is 21.7. The van der Waals surface area contributed by atoms with E-state index in [0.29, 0.717) is 24.3 Å². The van der Waals surface area contributed by atoms with Crippen LogP contribution in [0.4, 0.5) is 0 Å². The molecule has 2 aliphatic rings. The summed E-state index contributed by atoms with van der Waals surface area (Å²) in [5.74, 6) is 0.0941. The maximum absolute atomic E-state index is 13.1. The van der Waals surface area contributed by atoms with Crippen LogP contribution in [0.2, 0.25) is 0 Å². The highest BCUT2D eigenvalue weighted by Gasteiger charge is 2.35. The molecule has 0 radical (unpaired) electrons. The highest BCUT2D eigenvalue weighted by atomic mass is 32.1. The van der Waals surface area contributed by atoms with Gasteiger partial charge >= 0.3 is 0 Å². The third kappa shape index (κ3) is 3.02. The summed E-state index contributed by atoms with van der Waals surface area (Å²) >= 11 is 1.62. The van der Waals surface area contributed by atoms with Crippen LogP contribution in [0.3, 0.4) is 0 Å². The highest BCUT2D eigenvalue weighted by molar-refractivity contribution is 7.13. The van der Waals surface area contributed by atoms with Crippen LogP contribution in [-0.4, -0.2) is 38.6 Å². The Morgan fingerprint density at radius 2 is 2.21 bits per heavy atom. The number of hydrogen-bond donors (Lipinski definition) is 1. The lowest BCUT2D eigenvalue weighted by atomic mass is 9.86. The van der Waals surface area contributed by atoms with Crippen molar-refractivity contribution in [3.63, 3.8) is 0 Å². The Morgan fingerprint density at radius 3 is 2.97 bits per heavy atom. The summed E-state index contributed by atoms with van der Waals surface area (Å²) in [6.45, 7) is 2.72. The third-order valence-corrected chi connectivity index (χ3v) is 7.16. The zero-order valence-corrected chi connectivity index (χ0v) is 17.4. The van der Waals surface area contributed by atoms with Crippen molar-refractivity contribution in [1.82, 2.24) is 19.5 Å². The molecule has 29 heavy (non-hydrogen) atoms. The van der Waals surface area contributed by atoms with Crippen LogP contribution in [0.5, 0.6) is 0 Å². The van der Waals surface area contributed by atoms with Gasteiger partial charge in [0, 0.05) is 18.6 Å². The van der Waals surface area contributed by atoms with E-state index >= 15 is 0 Å². The Labute approximate surface area is 172 Å². The lowest BCUT2D eigenvalue weighted by Crippen LogP contribution is -2.36. The second-order valence-corrected chi connectivity index (χ2v) is 8.95. The van der Waals surface area contributed by atoms with E-state index in [4.69, 9.17) is 9.72 Å². The average molecular weight is 413 g/mol. The van der Waals surface area contributed by atoms with E-state index in [2.05, 4.69) is 5.10 Å². The monoisotopic (exact) mass is 412 g/mol. The van der Waals surface area contributed by atoms with Gasteiger partial charge in [0.2, 0.25) is 5.91 Å². The largest absolute Gasteiger partial charge is 0.381 e. The molecule has 3 aromatic rings. The maximum Gasteiger partial charge on any atom is 0.278 e. The molecule has 0 spiro atoms. The quantitative estimate of drug-likeness (QED) is 0.717. The van der Waals surface area contributed by atoms with E-state index in [1.54, 1.807) is 23.3 Å². The van der Waals surface area contributed by atoms with Gasteiger partial charge in [-0.25, -0.2) is 9.50 Å². The minimum absolute atomic E-state index is 0.0252. The molecule has 0 aromatic carbocycles. The Hall–Kier alpha value is -2.45. The zero-order valence-electron chi connectivity index (χ0n) is 16.6. The molecule has 1 aliphatic carbocycles. The molecule has 2 atom stereocenters. The van der Waals surface area contributed by atoms with Crippen molar-refractivity contribution in [2.24, 2.45) is 5.92 Å². The second kappa shape index (κ2) is 7.11. The van der Waals surface area contributed by atoms with Crippen LogP contribution in [0, 0.1) is 12.8 Å². The number of carbonyl (C=O) groups is 1. The fraction of sp³-hybridized carbons (Fsp3) is 0.476. The van der Waals surface area contributed by atoms with Gasteiger partial charge in [-0.3, -0.25) is 14.7 Å². The van der Waals surface area contributed by atoms with Gasteiger partial charge in [0.05, 0.1) is 41.0 Å². The molecule has 5 rings (SSSR count). The van der Waals surface area contributed by atoms with Gasteiger partial charge < -0.3 is 9.64 Å². The average Bonchev–Trinajstić information content (AvgIpc) is 3.47. The summed E-state index contributed by atoms with van der Waals surface area (Å²) in [4.78, 5) is 33.9. The van der Waals surface area contributed by atoms with Crippen molar-refractivity contribution in [2.75, 3.05) is 7.11 Å². The van der Waals surface area contributed by atoms with Crippen molar-refractivity contribution in [3.05, 3.63) is 44.7 Å². The number of fused-ring (bicyclic) bond motifs is 2. The summed E-state index contributed by atoms with van der Waals surface area (Å²) < 4.78 is 7.00. The zero-order chi connectivity index (χ0) is 20.1. The summed E-state index contributed by atoms with van der Waals surface area (Å²) in [6.07, 6.45) is 3.83. The first-order valence-corrected chi connectivity index (χ1v) is 10.9. The number of aromatic amines is 1. The van der Waals surface area contributed by atoms with E-state index in [-0.39, 0.29) is 23.5 Å². The Balaban J connectivity index is 1.45. The van der Waals surface area contributed by atoms with Gasteiger partial charge in [0.15, 0.2) is 5.65 Å². The number of thiophene rings is 1. The van der Waals surface area contributed by atoms with Crippen molar-refractivity contribution in [1.29, 1.82) is 0 Å². The first kappa shape index (κ1) is 18.6. The van der Waals surface area contributed by atoms with E-state index in [9.17, 15) is 9.59 Å². The molecule has 1 amide bonds. The molecule has 152 valence electrons. The molecule has 1 N–H and O–H groups in total. The number of methoxy groups -OCH3 is 1. The molecule has 2 unspecified atom stereocenters. The minimum Gasteiger partial charge on any atom is -0.381 e. The number of nitrogens with one attached hydrogen (secondary N) is 1. The van der Waals surface area contributed by atoms with Crippen LogP contribution in [0.1, 0.15) is 42.5 Å². The van der Waals surface area contributed by atoms with Gasteiger partial charge in [0.25, 0.3) is 5.56 Å². The van der Waals surface area contributed by atoms with Crippen LogP contribution in [0.25, 0.3) is 16.2 Å². The molecule has 1 fully saturated rings. The minimum atomic E-state index is -0.107. The molecule has 1 saturated carbocycles. The van der Waals surface area contributed by atoms with Crippen LogP contribution in [0.15, 0.2) is 22.3 Å². The molecule has 3 aromatic heterocycles. The topological polar surface area (TPSA) is 79.7 Å². The summed E-state index contributed by atoms with van der Waals surface area (Å²) in [5.41, 5.74) is 3.76. The van der Waals surface area contributed by atoms with Crippen molar-refractivity contribution < 1.29 is 9.53 Å². The van der Waals surface area contributed by atoms with Gasteiger partial charge in [-0.05, 0) is 37.6 Å². The first-order valence-electron chi connectivity index (χ1n) is 10.1. The number of aryl methyl sites for hydroxylation is 1. The number of hydrogen-bond acceptors (Lipinski definition) is 5. The maximum atomic E-state index is 13.1. The fourth-order valence-electron chi connectivity index (χ4n) is 4.64. The standard InChI is InChI=1S/C21H24N4O3S/c1-12-18(17-7-4-8-29-17)23-25-19(12)22-16-11-24(10-15(16)21(25)27)20(26)13-5-3-6-14(9-13)28-2/h4,7-8,13-14,23H,3,5-6,9-11H2,1-2H3. The van der Waals surface area contributed by atoms with Crippen molar-refractivity contribution >= 4 is 22.9 Å².